The van der Waals surface area contributed by atoms with Gasteiger partial charge in [0, 0.05) is 11.5 Å². The summed E-state index contributed by atoms with van der Waals surface area (Å²) in [6, 6.07) is 5.03. The van der Waals surface area contributed by atoms with Crippen molar-refractivity contribution in [1.82, 2.24) is 15.1 Å². The molecule has 0 fully saturated rings. The number of carbonyl (C=O) groups is 2. The van der Waals surface area contributed by atoms with Crippen LogP contribution in [-0.2, 0) is 0 Å². The summed E-state index contributed by atoms with van der Waals surface area (Å²) in [5, 5.41) is 6.42. The van der Waals surface area contributed by atoms with Crippen LogP contribution in [0.25, 0.3) is 5.69 Å². The van der Waals surface area contributed by atoms with E-state index in [0.29, 0.717) is 15.9 Å². The van der Waals surface area contributed by atoms with Crippen LogP contribution in [0.3, 0.4) is 0 Å². The molecule has 0 aliphatic carbocycles. The van der Waals surface area contributed by atoms with Gasteiger partial charge in [0.1, 0.15) is 18.0 Å². The molecule has 0 saturated carbocycles. The Bertz CT molecular complexity index is 821. The van der Waals surface area contributed by atoms with Crippen molar-refractivity contribution in [2.45, 2.75) is 6.17 Å². The standard InChI is InChI=1S/C14H12BrFN4O3/c1-18-14(22)10-11(13(17)21)19-20-8-4-6(15)2-3-9(8)23-5-7(16)12(10)20/h2-4,7H,5H2,1H3,(H2,17,21)(H,18,22). The number of halogens is 2. The minimum absolute atomic E-state index is 0.0602. The topological polar surface area (TPSA) is 99.2 Å². The van der Waals surface area contributed by atoms with E-state index in [9.17, 15) is 14.0 Å². The number of alkyl halides is 1. The molecule has 1 aromatic heterocycles. The van der Waals surface area contributed by atoms with E-state index in [0.717, 1.165) is 0 Å². The first-order valence-corrected chi connectivity index (χ1v) is 7.45. The Balaban J connectivity index is 2.36. The average molecular weight is 383 g/mol. The summed E-state index contributed by atoms with van der Waals surface area (Å²) in [5.74, 6) is -1.16. The second-order valence-corrected chi connectivity index (χ2v) is 5.77. The Morgan fingerprint density at radius 3 is 2.91 bits per heavy atom. The smallest absolute Gasteiger partial charge is 0.270 e. The molecule has 3 rings (SSSR count). The zero-order valence-corrected chi connectivity index (χ0v) is 13.6. The molecule has 1 aliphatic heterocycles. The number of hydrogen-bond donors (Lipinski definition) is 2. The number of carbonyl (C=O) groups excluding carboxylic acids is 2. The number of nitrogens with one attached hydrogen (secondary N) is 1. The molecule has 0 saturated heterocycles. The number of nitrogens with zero attached hydrogens (tertiary/aromatic N) is 2. The van der Waals surface area contributed by atoms with Crippen LogP contribution in [0.5, 0.6) is 5.75 Å². The van der Waals surface area contributed by atoms with Gasteiger partial charge in [-0.3, -0.25) is 9.59 Å². The first-order valence-electron chi connectivity index (χ1n) is 6.65. The van der Waals surface area contributed by atoms with Crippen LogP contribution in [0.2, 0.25) is 0 Å². The van der Waals surface area contributed by atoms with Gasteiger partial charge in [0.15, 0.2) is 11.9 Å². The lowest BCUT2D eigenvalue weighted by atomic mass is 10.1. The minimum Gasteiger partial charge on any atom is -0.488 e. The number of hydrogen-bond acceptors (Lipinski definition) is 4. The number of primary amides is 1. The Morgan fingerprint density at radius 2 is 2.26 bits per heavy atom. The first kappa shape index (κ1) is 15.5. The SMILES string of the molecule is CNC(=O)c1c(C(N)=O)nn2c1C(F)COc1ccc(Br)cc1-2. The zero-order valence-electron chi connectivity index (χ0n) is 12.0. The molecule has 2 aromatic rings. The van der Waals surface area contributed by atoms with Crippen molar-refractivity contribution < 1.29 is 18.7 Å². The van der Waals surface area contributed by atoms with E-state index < -0.39 is 18.0 Å². The number of nitrogens with two attached hydrogens (primary N) is 1. The molecule has 120 valence electrons. The van der Waals surface area contributed by atoms with Gasteiger partial charge in [-0.25, -0.2) is 9.07 Å². The van der Waals surface area contributed by atoms with Crippen LogP contribution >= 0.6 is 15.9 Å². The highest BCUT2D eigenvalue weighted by atomic mass is 79.9. The largest absolute Gasteiger partial charge is 0.488 e. The van der Waals surface area contributed by atoms with E-state index in [1.807, 2.05) is 0 Å². The third-order valence-electron chi connectivity index (χ3n) is 3.44. The van der Waals surface area contributed by atoms with Gasteiger partial charge in [0.2, 0.25) is 0 Å². The van der Waals surface area contributed by atoms with Crippen molar-refractivity contribution >= 4 is 27.7 Å². The maximum atomic E-state index is 14.6. The highest BCUT2D eigenvalue weighted by Gasteiger charge is 2.34. The highest BCUT2D eigenvalue weighted by Crippen LogP contribution is 2.36. The van der Waals surface area contributed by atoms with Crippen LogP contribution < -0.4 is 15.8 Å². The zero-order chi connectivity index (χ0) is 16.7. The lowest BCUT2D eigenvalue weighted by molar-refractivity contribution is 0.0938. The minimum atomic E-state index is -1.64. The summed E-state index contributed by atoms with van der Waals surface area (Å²) < 4.78 is 21.9. The van der Waals surface area contributed by atoms with E-state index in [1.165, 1.54) is 11.7 Å². The van der Waals surface area contributed by atoms with Crippen LogP contribution in [0.15, 0.2) is 22.7 Å². The fourth-order valence-corrected chi connectivity index (χ4v) is 2.79. The Hall–Kier alpha value is -2.42. The van der Waals surface area contributed by atoms with Gasteiger partial charge < -0.3 is 15.8 Å². The van der Waals surface area contributed by atoms with Crippen molar-refractivity contribution in [3.63, 3.8) is 0 Å². The molecule has 2 heterocycles. The van der Waals surface area contributed by atoms with Gasteiger partial charge >= 0.3 is 0 Å². The van der Waals surface area contributed by atoms with Crippen molar-refractivity contribution in [3.05, 3.63) is 39.6 Å². The second kappa shape index (κ2) is 5.65. The Kier molecular flexibility index (Phi) is 3.80. The van der Waals surface area contributed by atoms with Crippen LogP contribution in [0.4, 0.5) is 4.39 Å². The van der Waals surface area contributed by atoms with E-state index in [1.54, 1.807) is 18.2 Å². The predicted molar refractivity (Wildman–Crippen MR) is 82.5 cm³/mol. The fraction of sp³-hybridized carbons (Fsp3) is 0.214. The van der Waals surface area contributed by atoms with Crippen molar-refractivity contribution in [2.24, 2.45) is 5.73 Å². The number of amides is 2. The van der Waals surface area contributed by atoms with E-state index in [4.69, 9.17) is 10.5 Å². The van der Waals surface area contributed by atoms with Crippen LogP contribution in [-0.4, -0.2) is 35.2 Å². The molecule has 7 nitrogen and oxygen atoms in total. The number of ether oxygens (including phenoxy) is 1. The van der Waals surface area contributed by atoms with Gasteiger partial charge in [-0.05, 0) is 18.2 Å². The molecule has 23 heavy (non-hydrogen) atoms. The average Bonchev–Trinajstić information content (AvgIpc) is 2.87. The molecule has 3 N–H and O–H groups in total. The van der Waals surface area contributed by atoms with Crippen molar-refractivity contribution in [2.75, 3.05) is 13.7 Å². The molecule has 1 aromatic carbocycles. The molecule has 1 unspecified atom stereocenters. The third-order valence-corrected chi connectivity index (χ3v) is 3.93. The van der Waals surface area contributed by atoms with Gasteiger partial charge in [-0.2, -0.15) is 5.10 Å². The predicted octanol–water partition coefficient (Wildman–Crippen LogP) is 1.50. The van der Waals surface area contributed by atoms with Crippen molar-refractivity contribution in [3.8, 4) is 11.4 Å². The summed E-state index contributed by atoms with van der Waals surface area (Å²) >= 11 is 3.32. The van der Waals surface area contributed by atoms with Crippen LogP contribution in [0.1, 0.15) is 32.7 Å². The summed E-state index contributed by atoms with van der Waals surface area (Å²) in [7, 11) is 1.38. The van der Waals surface area contributed by atoms with Gasteiger partial charge in [0.25, 0.3) is 11.8 Å². The summed E-state index contributed by atoms with van der Waals surface area (Å²) in [6.45, 7) is -0.303. The molecule has 1 atom stereocenters. The number of rotatable bonds is 2. The number of aromatic nitrogens is 2. The molecule has 2 amide bonds. The normalized spacial score (nSPS) is 15.9. The second-order valence-electron chi connectivity index (χ2n) is 4.85. The van der Waals surface area contributed by atoms with Gasteiger partial charge in [-0.1, -0.05) is 15.9 Å². The molecular formula is C14H12BrFN4O3. The van der Waals surface area contributed by atoms with Gasteiger partial charge in [-0.15, -0.1) is 0 Å². The third kappa shape index (κ3) is 2.46. The van der Waals surface area contributed by atoms with E-state index in [2.05, 4.69) is 26.3 Å². The molecule has 0 radical (unpaired) electrons. The fourth-order valence-electron chi connectivity index (χ4n) is 2.45. The molecule has 9 heteroatoms. The highest BCUT2D eigenvalue weighted by molar-refractivity contribution is 9.10. The first-order chi connectivity index (χ1) is 10.9. The van der Waals surface area contributed by atoms with Crippen LogP contribution in [0, 0.1) is 0 Å². The summed E-state index contributed by atoms with van der Waals surface area (Å²) in [6.07, 6.45) is -1.64. The molecule has 1 aliphatic rings. The lowest BCUT2D eigenvalue weighted by Gasteiger charge is -2.08. The molecule has 0 spiro atoms. The summed E-state index contributed by atoms with van der Waals surface area (Å²) in [4.78, 5) is 23.8. The quantitative estimate of drug-likeness (QED) is 0.821. The Morgan fingerprint density at radius 1 is 1.52 bits per heavy atom. The Labute approximate surface area is 138 Å². The maximum absolute atomic E-state index is 14.6. The van der Waals surface area contributed by atoms with Crippen molar-refractivity contribution in [1.29, 1.82) is 0 Å². The number of benzene rings is 1. The summed E-state index contributed by atoms with van der Waals surface area (Å²) in [5.41, 5.74) is 5.19. The number of fused-ring (bicyclic) bond motifs is 3. The van der Waals surface area contributed by atoms with Gasteiger partial charge in [0.05, 0.1) is 11.3 Å². The molecule has 0 bridgehead atoms. The lowest BCUT2D eigenvalue weighted by Crippen LogP contribution is -2.24. The monoisotopic (exact) mass is 382 g/mol. The van der Waals surface area contributed by atoms with E-state index >= 15 is 0 Å². The molecular weight excluding hydrogens is 371 g/mol. The maximum Gasteiger partial charge on any atom is 0.270 e. The van der Waals surface area contributed by atoms with E-state index in [-0.39, 0.29) is 23.6 Å².